The van der Waals surface area contributed by atoms with Crippen LogP contribution in [-0.2, 0) is 9.53 Å². The standard InChI is InChI=1S/C34H48O8/c1-30(2,39)14-13-28(42-29(38)20-9-7-6-8-10-20)33(5,40)27-12-16-34(41)22-17-24(35)23-18-25(36)26(37)19-31(23,3)21(22)11-15-32(27,34)4/h6-10,17,21,23,25-28,36-37,39-41H,11-16,18-19H2,1-5H3/t21-,23+,25+,26-,27-,28?,31+,32+,33+,34+/m0/s1. The summed E-state index contributed by atoms with van der Waals surface area (Å²) in [7, 11) is 0. The van der Waals surface area contributed by atoms with Gasteiger partial charge >= 0.3 is 5.97 Å². The largest absolute Gasteiger partial charge is 0.456 e. The van der Waals surface area contributed by atoms with Crippen LogP contribution >= 0.6 is 0 Å². The third-order valence-electron chi connectivity index (χ3n) is 11.8. The summed E-state index contributed by atoms with van der Waals surface area (Å²) in [6.45, 7) is 9.00. The Balaban J connectivity index is 1.48. The van der Waals surface area contributed by atoms with Crippen molar-refractivity contribution in [3.8, 4) is 0 Å². The molecule has 0 radical (unpaired) electrons. The van der Waals surface area contributed by atoms with Gasteiger partial charge in [0.2, 0.25) is 0 Å². The van der Waals surface area contributed by atoms with Crippen LogP contribution in [0.25, 0.3) is 0 Å². The van der Waals surface area contributed by atoms with Crippen LogP contribution in [0.15, 0.2) is 42.0 Å². The molecule has 3 saturated carbocycles. The van der Waals surface area contributed by atoms with Crippen LogP contribution < -0.4 is 0 Å². The first-order valence-corrected chi connectivity index (χ1v) is 15.5. The van der Waals surface area contributed by atoms with Gasteiger partial charge in [-0.05, 0) is 113 Å². The van der Waals surface area contributed by atoms with Crippen LogP contribution in [0.3, 0.4) is 0 Å². The van der Waals surface area contributed by atoms with Crippen molar-refractivity contribution in [3.05, 3.63) is 47.5 Å². The first-order chi connectivity index (χ1) is 19.4. The maximum absolute atomic E-state index is 13.5. The van der Waals surface area contributed by atoms with Crippen molar-refractivity contribution in [2.45, 2.75) is 121 Å². The topological polar surface area (TPSA) is 145 Å². The van der Waals surface area contributed by atoms with E-state index in [0.29, 0.717) is 43.2 Å². The number of fused-ring (bicyclic) bond motifs is 5. The highest BCUT2D eigenvalue weighted by Gasteiger charge is 2.69. The van der Waals surface area contributed by atoms with E-state index >= 15 is 0 Å². The van der Waals surface area contributed by atoms with Crippen LogP contribution in [0.5, 0.6) is 0 Å². The van der Waals surface area contributed by atoms with Gasteiger partial charge in [-0.1, -0.05) is 32.0 Å². The van der Waals surface area contributed by atoms with E-state index in [-0.39, 0.29) is 31.0 Å². The molecule has 10 atom stereocenters. The Labute approximate surface area is 248 Å². The highest BCUT2D eigenvalue weighted by atomic mass is 16.6. The number of benzene rings is 1. The molecule has 1 unspecified atom stereocenters. The summed E-state index contributed by atoms with van der Waals surface area (Å²) in [6, 6.07) is 8.60. The zero-order chi connectivity index (χ0) is 30.9. The number of hydrogen-bond donors (Lipinski definition) is 5. The first kappa shape index (κ1) is 31.3. The number of allylic oxidation sites excluding steroid dienone is 1. The number of carbonyl (C=O) groups excluding carboxylic acids is 2. The molecule has 4 aliphatic rings. The smallest absolute Gasteiger partial charge is 0.338 e. The summed E-state index contributed by atoms with van der Waals surface area (Å²) in [5.41, 5.74) is -4.30. The molecule has 0 saturated heterocycles. The highest BCUT2D eigenvalue weighted by Crippen LogP contribution is 2.68. The van der Waals surface area contributed by atoms with Crippen LogP contribution in [0.4, 0.5) is 0 Å². The monoisotopic (exact) mass is 584 g/mol. The number of ketones is 1. The first-order valence-electron chi connectivity index (χ1n) is 15.5. The van der Waals surface area contributed by atoms with Gasteiger partial charge in [-0.15, -0.1) is 0 Å². The lowest BCUT2D eigenvalue weighted by Crippen LogP contribution is -2.63. The van der Waals surface area contributed by atoms with Crippen LogP contribution in [-0.4, -0.2) is 72.4 Å². The molecule has 8 nitrogen and oxygen atoms in total. The number of esters is 1. The van der Waals surface area contributed by atoms with E-state index in [2.05, 4.69) is 0 Å². The Morgan fingerprint density at radius 2 is 1.69 bits per heavy atom. The van der Waals surface area contributed by atoms with Crippen LogP contribution in [0.2, 0.25) is 0 Å². The Hall–Kier alpha value is -2.10. The van der Waals surface area contributed by atoms with Gasteiger partial charge in [-0.3, -0.25) is 4.79 Å². The molecule has 0 spiro atoms. The van der Waals surface area contributed by atoms with Gasteiger partial charge in [-0.25, -0.2) is 4.79 Å². The Kier molecular flexibility index (Phi) is 7.84. The predicted molar refractivity (Wildman–Crippen MR) is 156 cm³/mol. The highest BCUT2D eigenvalue weighted by molar-refractivity contribution is 5.95. The molecule has 8 heteroatoms. The molecule has 0 aromatic heterocycles. The second-order valence-corrected chi connectivity index (χ2v) is 14.9. The molecule has 5 N–H and O–H groups in total. The van der Waals surface area contributed by atoms with E-state index in [1.807, 2.05) is 13.8 Å². The fraction of sp³-hybridized carbons (Fsp3) is 0.706. The SMILES string of the molecule is CC(C)(O)CCC(OC(=O)c1ccccc1)[C@](C)(O)[C@H]1CC[C@@]2(O)C3=CC(=O)[C@H]4C[C@@H](O)[C@@H](O)C[C@]4(C)[C@H]3CC[C@]12C. The molecule has 5 rings (SSSR count). The summed E-state index contributed by atoms with van der Waals surface area (Å²) in [5, 5.41) is 56.3. The van der Waals surface area contributed by atoms with E-state index < -0.39 is 63.8 Å². The lowest BCUT2D eigenvalue weighted by atomic mass is 9.45. The molecule has 232 valence electrons. The second kappa shape index (κ2) is 10.5. The minimum absolute atomic E-state index is 0.123. The Bertz CT molecular complexity index is 1230. The molecule has 0 heterocycles. The average molecular weight is 585 g/mol. The maximum Gasteiger partial charge on any atom is 0.338 e. The van der Waals surface area contributed by atoms with Crippen molar-refractivity contribution in [1.82, 2.24) is 0 Å². The van der Waals surface area contributed by atoms with E-state index in [1.54, 1.807) is 57.2 Å². The van der Waals surface area contributed by atoms with Crippen molar-refractivity contribution in [2.75, 3.05) is 0 Å². The van der Waals surface area contributed by atoms with E-state index in [9.17, 15) is 35.1 Å². The molecule has 42 heavy (non-hydrogen) atoms. The summed E-state index contributed by atoms with van der Waals surface area (Å²) < 4.78 is 6.00. The maximum atomic E-state index is 13.5. The minimum atomic E-state index is -1.54. The zero-order valence-electron chi connectivity index (χ0n) is 25.5. The minimum Gasteiger partial charge on any atom is -0.456 e. The fourth-order valence-corrected chi connectivity index (χ4v) is 9.26. The molecule has 0 amide bonds. The Morgan fingerprint density at radius 1 is 1.02 bits per heavy atom. The third-order valence-corrected chi connectivity index (χ3v) is 11.8. The van der Waals surface area contributed by atoms with Gasteiger partial charge in [0.05, 0.1) is 29.0 Å². The van der Waals surface area contributed by atoms with Gasteiger partial charge in [0, 0.05) is 11.3 Å². The molecule has 4 aliphatic carbocycles. The third kappa shape index (κ3) is 4.97. The Morgan fingerprint density at radius 3 is 2.33 bits per heavy atom. The van der Waals surface area contributed by atoms with E-state index in [4.69, 9.17) is 4.74 Å². The van der Waals surface area contributed by atoms with Crippen LogP contribution in [0, 0.1) is 28.6 Å². The average Bonchev–Trinajstić information content (AvgIpc) is 3.20. The fourth-order valence-electron chi connectivity index (χ4n) is 9.26. The molecular weight excluding hydrogens is 536 g/mol. The predicted octanol–water partition coefficient (Wildman–Crippen LogP) is 3.72. The van der Waals surface area contributed by atoms with Crippen molar-refractivity contribution >= 4 is 11.8 Å². The van der Waals surface area contributed by atoms with Gasteiger partial charge in [0.25, 0.3) is 0 Å². The zero-order valence-corrected chi connectivity index (χ0v) is 25.5. The summed E-state index contributed by atoms with van der Waals surface area (Å²) >= 11 is 0. The number of aliphatic hydroxyl groups is 5. The summed E-state index contributed by atoms with van der Waals surface area (Å²) in [5.74, 6) is -1.70. The van der Waals surface area contributed by atoms with Gasteiger partial charge in [0.1, 0.15) is 11.7 Å². The number of ether oxygens (including phenoxy) is 1. The van der Waals surface area contributed by atoms with Crippen molar-refractivity contribution in [2.24, 2.45) is 28.6 Å². The van der Waals surface area contributed by atoms with E-state index in [1.165, 1.54) is 0 Å². The van der Waals surface area contributed by atoms with Crippen molar-refractivity contribution in [1.29, 1.82) is 0 Å². The lowest BCUT2D eigenvalue weighted by molar-refractivity contribution is -0.177. The molecule has 1 aromatic carbocycles. The molecule has 0 bridgehead atoms. The number of hydrogen-bond acceptors (Lipinski definition) is 8. The lowest BCUT2D eigenvalue weighted by Gasteiger charge is -2.60. The summed E-state index contributed by atoms with van der Waals surface area (Å²) in [4.78, 5) is 26.7. The number of aliphatic hydroxyl groups excluding tert-OH is 2. The van der Waals surface area contributed by atoms with Crippen molar-refractivity contribution in [3.63, 3.8) is 0 Å². The van der Waals surface area contributed by atoms with Gasteiger partial charge < -0.3 is 30.3 Å². The normalized spacial score (nSPS) is 40.2. The summed E-state index contributed by atoms with van der Waals surface area (Å²) in [6.07, 6.45) is 1.84. The van der Waals surface area contributed by atoms with Crippen molar-refractivity contribution < 1.29 is 39.9 Å². The number of rotatable bonds is 7. The second-order valence-electron chi connectivity index (χ2n) is 14.9. The molecule has 1 aromatic rings. The molecule has 3 fully saturated rings. The van der Waals surface area contributed by atoms with Crippen LogP contribution in [0.1, 0.15) is 96.3 Å². The molecule has 0 aliphatic heterocycles. The number of carbonyl (C=O) groups is 2. The van der Waals surface area contributed by atoms with E-state index in [0.717, 1.165) is 0 Å². The van der Waals surface area contributed by atoms with Gasteiger partial charge in [0.15, 0.2) is 5.78 Å². The van der Waals surface area contributed by atoms with Gasteiger partial charge in [-0.2, -0.15) is 0 Å². The quantitative estimate of drug-likeness (QED) is 0.305. The molecular formula is C34H48O8.